The molecule has 2 aromatic rings. The van der Waals surface area contributed by atoms with Crippen LogP contribution in [-0.4, -0.2) is 30.5 Å². The summed E-state index contributed by atoms with van der Waals surface area (Å²) < 4.78 is 0. The maximum atomic E-state index is 3.25. The van der Waals surface area contributed by atoms with E-state index in [4.69, 9.17) is 0 Å². The summed E-state index contributed by atoms with van der Waals surface area (Å²) in [6, 6.07) is 8.65. The molecule has 0 aliphatic rings. The van der Waals surface area contributed by atoms with Crippen LogP contribution >= 0.6 is 0 Å². The third kappa shape index (κ3) is 2.39. The van der Waals surface area contributed by atoms with E-state index in [1.54, 1.807) is 0 Å². The van der Waals surface area contributed by atoms with Gasteiger partial charge < -0.3 is 9.88 Å². The third-order valence-corrected chi connectivity index (χ3v) is 2.74. The molecule has 0 fully saturated rings. The van der Waals surface area contributed by atoms with Gasteiger partial charge in [0.2, 0.25) is 0 Å². The summed E-state index contributed by atoms with van der Waals surface area (Å²) >= 11 is 0. The fourth-order valence-corrected chi connectivity index (χ4v) is 1.95. The van der Waals surface area contributed by atoms with Crippen molar-refractivity contribution in [3.8, 4) is 0 Å². The molecular formula is C13H18N2. The van der Waals surface area contributed by atoms with Gasteiger partial charge in [0.15, 0.2) is 0 Å². The van der Waals surface area contributed by atoms with E-state index in [-0.39, 0.29) is 0 Å². The molecule has 0 unspecified atom stereocenters. The molecule has 0 radical (unpaired) electrons. The molecule has 2 nitrogen and oxygen atoms in total. The number of aromatic amines is 1. The van der Waals surface area contributed by atoms with Crippen molar-refractivity contribution in [1.29, 1.82) is 0 Å². The Labute approximate surface area is 90.9 Å². The largest absolute Gasteiger partial charge is 0.361 e. The van der Waals surface area contributed by atoms with Crippen LogP contribution in [0.4, 0.5) is 0 Å². The van der Waals surface area contributed by atoms with Crippen LogP contribution in [0, 0.1) is 0 Å². The summed E-state index contributed by atoms with van der Waals surface area (Å²) in [5.41, 5.74) is 2.70. The van der Waals surface area contributed by atoms with Crippen molar-refractivity contribution in [2.45, 2.75) is 12.8 Å². The molecular weight excluding hydrogens is 184 g/mol. The second kappa shape index (κ2) is 4.49. The lowest BCUT2D eigenvalue weighted by molar-refractivity contribution is 0.400. The van der Waals surface area contributed by atoms with E-state index < -0.39 is 0 Å². The average Bonchev–Trinajstić information content (AvgIpc) is 2.65. The smallest absolute Gasteiger partial charge is 0.0456 e. The minimum Gasteiger partial charge on any atom is -0.361 e. The van der Waals surface area contributed by atoms with Gasteiger partial charge in [-0.3, -0.25) is 0 Å². The Balaban J connectivity index is 2.10. The van der Waals surface area contributed by atoms with Gasteiger partial charge >= 0.3 is 0 Å². The molecule has 0 saturated heterocycles. The topological polar surface area (TPSA) is 19.0 Å². The SMILES string of the molecule is CN(C)CCCc1cccc2[nH]ccc12. The van der Waals surface area contributed by atoms with Crippen molar-refractivity contribution in [2.24, 2.45) is 0 Å². The van der Waals surface area contributed by atoms with Gasteiger partial charge in [0, 0.05) is 17.1 Å². The first-order chi connectivity index (χ1) is 7.27. The van der Waals surface area contributed by atoms with Gasteiger partial charge in [-0.05, 0) is 51.2 Å². The first-order valence-electron chi connectivity index (χ1n) is 5.47. The van der Waals surface area contributed by atoms with Crippen LogP contribution in [0.5, 0.6) is 0 Å². The Morgan fingerprint density at radius 1 is 1.20 bits per heavy atom. The van der Waals surface area contributed by atoms with Crippen molar-refractivity contribution in [3.05, 3.63) is 36.0 Å². The summed E-state index contributed by atoms with van der Waals surface area (Å²) in [6.45, 7) is 1.15. The minimum absolute atomic E-state index is 1.15. The highest BCUT2D eigenvalue weighted by Gasteiger charge is 2.01. The monoisotopic (exact) mass is 202 g/mol. The molecule has 2 heteroatoms. The van der Waals surface area contributed by atoms with E-state index in [0.717, 1.165) is 13.0 Å². The molecule has 1 aromatic carbocycles. The van der Waals surface area contributed by atoms with E-state index >= 15 is 0 Å². The molecule has 15 heavy (non-hydrogen) atoms. The zero-order chi connectivity index (χ0) is 10.7. The highest BCUT2D eigenvalue weighted by molar-refractivity contribution is 5.82. The maximum Gasteiger partial charge on any atom is 0.0456 e. The van der Waals surface area contributed by atoms with Gasteiger partial charge in [-0.2, -0.15) is 0 Å². The highest BCUT2D eigenvalue weighted by atomic mass is 15.0. The second-order valence-electron chi connectivity index (χ2n) is 4.26. The normalized spacial score (nSPS) is 11.4. The Bertz CT molecular complexity index is 429. The molecule has 80 valence electrons. The first kappa shape index (κ1) is 10.2. The van der Waals surface area contributed by atoms with Gasteiger partial charge in [-0.15, -0.1) is 0 Å². The summed E-state index contributed by atoms with van der Waals surface area (Å²) in [7, 11) is 4.24. The number of aryl methyl sites for hydroxylation is 1. The lowest BCUT2D eigenvalue weighted by Crippen LogP contribution is -2.13. The third-order valence-electron chi connectivity index (χ3n) is 2.74. The van der Waals surface area contributed by atoms with Crippen LogP contribution in [0.2, 0.25) is 0 Å². The van der Waals surface area contributed by atoms with Crippen molar-refractivity contribution in [2.75, 3.05) is 20.6 Å². The van der Waals surface area contributed by atoms with Crippen molar-refractivity contribution in [1.82, 2.24) is 9.88 Å². The zero-order valence-corrected chi connectivity index (χ0v) is 9.46. The average molecular weight is 202 g/mol. The number of H-pyrrole nitrogens is 1. The first-order valence-corrected chi connectivity index (χ1v) is 5.47. The molecule has 0 spiro atoms. The predicted molar refractivity (Wildman–Crippen MR) is 65.2 cm³/mol. The van der Waals surface area contributed by atoms with Gasteiger partial charge in [0.25, 0.3) is 0 Å². The predicted octanol–water partition coefficient (Wildman–Crippen LogP) is 2.66. The van der Waals surface area contributed by atoms with Gasteiger partial charge in [-0.1, -0.05) is 12.1 Å². The number of hydrogen-bond donors (Lipinski definition) is 1. The molecule has 0 aliphatic carbocycles. The second-order valence-corrected chi connectivity index (χ2v) is 4.26. The number of rotatable bonds is 4. The number of hydrogen-bond acceptors (Lipinski definition) is 1. The van der Waals surface area contributed by atoms with Crippen molar-refractivity contribution >= 4 is 10.9 Å². The van der Waals surface area contributed by atoms with Crippen LogP contribution in [0.1, 0.15) is 12.0 Å². The molecule has 1 N–H and O–H groups in total. The molecule has 1 heterocycles. The van der Waals surface area contributed by atoms with Crippen LogP contribution in [0.15, 0.2) is 30.5 Å². The summed E-state index contributed by atoms with van der Waals surface area (Å²) in [5.74, 6) is 0. The van der Waals surface area contributed by atoms with E-state index in [1.165, 1.54) is 22.9 Å². The number of nitrogens with one attached hydrogen (secondary N) is 1. The standard InChI is InChI=1S/C13H18N2/c1-15(2)10-4-6-11-5-3-7-13-12(11)8-9-14-13/h3,5,7-9,14H,4,6,10H2,1-2H3. The minimum atomic E-state index is 1.15. The Kier molecular flexibility index (Phi) is 3.07. The molecule has 0 atom stereocenters. The van der Waals surface area contributed by atoms with Gasteiger partial charge in [0.1, 0.15) is 0 Å². The summed E-state index contributed by atoms with van der Waals surface area (Å²) in [5, 5.41) is 1.37. The van der Waals surface area contributed by atoms with Crippen LogP contribution in [-0.2, 0) is 6.42 Å². The number of aromatic nitrogens is 1. The highest BCUT2D eigenvalue weighted by Crippen LogP contribution is 2.18. The van der Waals surface area contributed by atoms with E-state index in [0.29, 0.717) is 0 Å². The van der Waals surface area contributed by atoms with Gasteiger partial charge in [-0.25, -0.2) is 0 Å². The fraction of sp³-hybridized carbons (Fsp3) is 0.385. The fourth-order valence-electron chi connectivity index (χ4n) is 1.95. The van der Waals surface area contributed by atoms with Crippen LogP contribution in [0.3, 0.4) is 0 Å². The Morgan fingerprint density at radius 3 is 2.87 bits per heavy atom. The summed E-state index contributed by atoms with van der Waals surface area (Å²) in [4.78, 5) is 5.48. The lowest BCUT2D eigenvalue weighted by Gasteiger charge is -2.09. The number of benzene rings is 1. The zero-order valence-electron chi connectivity index (χ0n) is 9.46. The van der Waals surface area contributed by atoms with Crippen LogP contribution in [0.25, 0.3) is 10.9 Å². The molecule has 0 amide bonds. The Hall–Kier alpha value is -1.28. The molecule has 1 aromatic heterocycles. The van der Waals surface area contributed by atoms with Crippen LogP contribution < -0.4 is 0 Å². The van der Waals surface area contributed by atoms with E-state index in [2.05, 4.69) is 48.2 Å². The van der Waals surface area contributed by atoms with Crippen molar-refractivity contribution < 1.29 is 0 Å². The molecule has 0 bridgehead atoms. The summed E-state index contributed by atoms with van der Waals surface area (Å²) in [6.07, 6.45) is 4.39. The maximum absolute atomic E-state index is 3.25. The quantitative estimate of drug-likeness (QED) is 0.807. The number of fused-ring (bicyclic) bond motifs is 1. The van der Waals surface area contributed by atoms with E-state index in [1.807, 2.05) is 6.20 Å². The van der Waals surface area contributed by atoms with Gasteiger partial charge in [0.05, 0.1) is 0 Å². The van der Waals surface area contributed by atoms with Crippen molar-refractivity contribution in [3.63, 3.8) is 0 Å². The molecule has 0 aliphatic heterocycles. The molecule has 2 rings (SSSR count). The Morgan fingerprint density at radius 2 is 2.07 bits per heavy atom. The lowest BCUT2D eigenvalue weighted by atomic mass is 10.1. The number of nitrogens with zero attached hydrogens (tertiary/aromatic N) is 1. The molecule has 0 saturated carbocycles. The van der Waals surface area contributed by atoms with E-state index in [9.17, 15) is 0 Å².